The van der Waals surface area contributed by atoms with Crippen LogP contribution in [-0.2, 0) is 11.1 Å². The summed E-state index contributed by atoms with van der Waals surface area (Å²) >= 11 is 0. The number of nitrogens with two attached hydrogens (primary N) is 2. The van der Waals surface area contributed by atoms with Crippen molar-refractivity contribution in [3.8, 4) is 0 Å². The molecule has 0 radical (unpaired) electrons. The normalized spacial score (nSPS) is 14.9. The molecule has 8 heteroatoms. The molecule has 0 saturated carbocycles. The van der Waals surface area contributed by atoms with Crippen molar-refractivity contribution in [1.82, 2.24) is 0 Å². The fraction of sp³-hybridized carbons (Fsp3) is 0.300. The van der Waals surface area contributed by atoms with Crippen LogP contribution in [0.25, 0.3) is 0 Å². The third-order valence-electron chi connectivity index (χ3n) is 4.84. The zero-order valence-electron chi connectivity index (χ0n) is 16.5. The molecule has 0 heterocycles. The Kier molecular flexibility index (Phi) is 8.82. The van der Waals surface area contributed by atoms with Crippen LogP contribution in [0.3, 0.4) is 0 Å². The van der Waals surface area contributed by atoms with Gasteiger partial charge in [0.15, 0.2) is 11.1 Å². The monoisotopic (exact) mass is 422 g/mol. The van der Waals surface area contributed by atoms with Crippen molar-refractivity contribution in [2.75, 3.05) is 0 Å². The van der Waals surface area contributed by atoms with E-state index in [9.17, 15) is 0 Å². The summed E-state index contributed by atoms with van der Waals surface area (Å²) in [6.45, 7) is 7.38. The van der Waals surface area contributed by atoms with Crippen LogP contribution in [0.15, 0.2) is 58.8 Å². The summed E-state index contributed by atoms with van der Waals surface area (Å²) < 4.78 is 0. The predicted molar refractivity (Wildman–Crippen MR) is 120 cm³/mol. The summed E-state index contributed by atoms with van der Waals surface area (Å²) in [5.41, 5.74) is 13.0. The first-order valence-corrected chi connectivity index (χ1v) is 8.38. The summed E-state index contributed by atoms with van der Waals surface area (Å²) in [5.74, 6) is -0.238. The molecule has 0 aliphatic carbocycles. The Bertz CT molecular complexity index is 811. The summed E-state index contributed by atoms with van der Waals surface area (Å²) in [6, 6.07) is 15.3. The number of amidine groups is 2. The second-order valence-electron chi connectivity index (χ2n) is 6.80. The highest BCUT2D eigenvalue weighted by Gasteiger charge is 2.36. The fourth-order valence-electron chi connectivity index (χ4n) is 2.94. The van der Waals surface area contributed by atoms with Gasteiger partial charge in [0, 0.05) is 0 Å². The lowest BCUT2D eigenvalue weighted by Gasteiger charge is -2.29. The van der Waals surface area contributed by atoms with Gasteiger partial charge in [-0.3, -0.25) is 10.8 Å². The lowest BCUT2D eigenvalue weighted by atomic mass is 9.87. The van der Waals surface area contributed by atoms with Gasteiger partial charge in [-0.05, 0) is 49.9 Å². The van der Waals surface area contributed by atoms with Crippen molar-refractivity contribution in [2.45, 2.75) is 38.8 Å². The van der Waals surface area contributed by atoms with Gasteiger partial charge in [0.2, 0.25) is 0 Å². The number of nitrogens with one attached hydrogen (secondary N) is 2. The van der Waals surface area contributed by atoms with E-state index < -0.39 is 11.1 Å². The third kappa shape index (κ3) is 4.69. The largest absolute Gasteiger partial charge is 0.385 e. The van der Waals surface area contributed by atoms with E-state index in [0.29, 0.717) is 0 Å². The van der Waals surface area contributed by atoms with Crippen molar-refractivity contribution in [2.24, 2.45) is 21.7 Å². The average molecular weight is 423 g/mol. The fourth-order valence-corrected chi connectivity index (χ4v) is 2.94. The van der Waals surface area contributed by atoms with E-state index >= 15 is 0 Å². The molecule has 6 nitrogen and oxygen atoms in total. The lowest BCUT2D eigenvalue weighted by molar-refractivity contribution is 0.530. The first-order valence-electron chi connectivity index (χ1n) is 8.38. The molecule has 2 aromatic rings. The standard InChI is InChI=1S/C20H26N6.2ClH/c1-13-9-5-7-11-15(13)19(3,17(21)22)25-26-20(4,18(23)24)16-12-8-6-10-14(16)2;;/h5-12H,1-4H3,(H3,21,22)(H3,23,24);2*1H. The highest BCUT2D eigenvalue weighted by molar-refractivity contribution is 5.90. The lowest BCUT2D eigenvalue weighted by Crippen LogP contribution is -2.40. The molecule has 0 aliphatic rings. The first kappa shape index (κ1) is 25.6. The molecule has 28 heavy (non-hydrogen) atoms. The van der Waals surface area contributed by atoms with Crippen LogP contribution < -0.4 is 11.5 Å². The number of aryl methyl sites for hydroxylation is 2. The van der Waals surface area contributed by atoms with E-state index in [-0.39, 0.29) is 36.5 Å². The Morgan fingerprint density at radius 3 is 1.25 bits per heavy atom. The van der Waals surface area contributed by atoms with Gasteiger partial charge < -0.3 is 11.5 Å². The highest BCUT2D eigenvalue weighted by atomic mass is 35.5. The van der Waals surface area contributed by atoms with Crippen molar-refractivity contribution in [1.29, 1.82) is 10.8 Å². The smallest absolute Gasteiger partial charge is 0.160 e. The van der Waals surface area contributed by atoms with Gasteiger partial charge in [-0.25, -0.2) is 0 Å². The summed E-state index contributed by atoms with van der Waals surface area (Å²) in [7, 11) is 0. The first-order chi connectivity index (χ1) is 12.1. The molecule has 2 rings (SSSR count). The Morgan fingerprint density at radius 1 is 0.714 bits per heavy atom. The Balaban J connectivity index is 0.00000364. The average Bonchev–Trinajstić information content (AvgIpc) is 2.59. The number of hydrogen-bond acceptors (Lipinski definition) is 4. The molecule has 2 aromatic carbocycles. The van der Waals surface area contributed by atoms with Crippen LogP contribution in [0.2, 0.25) is 0 Å². The molecule has 0 amide bonds. The van der Waals surface area contributed by atoms with Gasteiger partial charge in [0.1, 0.15) is 11.7 Å². The summed E-state index contributed by atoms with van der Waals surface area (Å²) in [6.07, 6.45) is 0. The van der Waals surface area contributed by atoms with Gasteiger partial charge in [-0.1, -0.05) is 48.5 Å². The van der Waals surface area contributed by atoms with Gasteiger partial charge in [0.25, 0.3) is 0 Å². The zero-order chi connectivity index (χ0) is 19.5. The van der Waals surface area contributed by atoms with Crippen molar-refractivity contribution >= 4 is 36.5 Å². The molecule has 2 atom stereocenters. The number of benzene rings is 2. The maximum absolute atomic E-state index is 8.08. The molecular formula is C20H28Cl2N6. The number of rotatable bonds is 6. The molecule has 0 saturated heterocycles. The van der Waals surface area contributed by atoms with Crippen LogP contribution in [0.1, 0.15) is 36.1 Å². The van der Waals surface area contributed by atoms with Gasteiger partial charge in [-0.15, -0.1) is 24.8 Å². The van der Waals surface area contributed by atoms with Crippen LogP contribution in [0.4, 0.5) is 0 Å². The Morgan fingerprint density at radius 2 is 1.00 bits per heavy atom. The SMILES string of the molecule is Cc1ccccc1C(C)(N=NC(C)(C(=N)N)c1ccccc1C)C(=N)N.Cl.Cl. The van der Waals surface area contributed by atoms with Crippen LogP contribution in [0, 0.1) is 24.7 Å². The molecule has 2 unspecified atom stereocenters. The van der Waals surface area contributed by atoms with Crippen molar-refractivity contribution in [3.63, 3.8) is 0 Å². The van der Waals surface area contributed by atoms with E-state index in [1.54, 1.807) is 13.8 Å². The Hall–Kier alpha value is -2.44. The minimum atomic E-state index is -1.13. The molecule has 152 valence electrons. The molecule has 0 aromatic heterocycles. The number of halogens is 2. The molecule has 0 fully saturated rings. The van der Waals surface area contributed by atoms with Crippen molar-refractivity contribution in [3.05, 3.63) is 70.8 Å². The molecular weight excluding hydrogens is 395 g/mol. The van der Waals surface area contributed by atoms with Gasteiger partial charge in [-0.2, -0.15) is 10.2 Å². The topological polar surface area (TPSA) is 124 Å². The van der Waals surface area contributed by atoms with E-state index in [1.165, 1.54) is 0 Å². The quantitative estimate of drug-likeness (QED) is 0.308. The third-order valence-corrected chi connectivity index (χ3v) is 4.84. The zero-order valence-corrected chi connectivity index (χ0v) is 18.1. The predicted octanol–water partition coefficient (Wildman–Crippen LogP) is 4.60. The van der Waals surface area contributed by atoms with E-state index in [2.05, 4.69) is 10.2 Å². The second kappa shape index (κ2) is 9.66. The highest BCUT2D eigenvalue weighted by Crippen LogP contribution is 2.34. The molecule has 0 spiro atoms. The minimum Gasteiger partial charge on any atom is -0.385 e. The number of azo groups is 1. The maximum Gasteiger partial charge on any atom is 0.160 e. The molecule has 0 aliphatic heterocycles. The van der Waals surface area contributed by atoms with E-state index in [1.807, 2.05) is 62.4 Å². The maximum atomic E-state index is 8.08. The van der Waals surface area contributed by atoms with Crippen LogP contribution >= 0.6 is 24.8 Å². The summed E-state index contributed by atoms with van der Waals surface area (Å²) in [4.78, 5) is 0. The Labute approximate surface area is 178 Å². The van der Waals surface area contributed by atoms with Gasteiger partial charge in [0.05, 0.1) is 0 Å². The summed E-state index contributed by atoms with van der Waals surface area (Å²) in [5, 5.41) is 25.1. The van der Waals surface area contributed by atoms with Crippen molar-refractivity contribution < 1.29 is 0 Å². The van der Waals surface area contributed by atoms with E-state index in [4.69, 9.17) is 22.3 Å². The molecule has 0 bridgehead atoms. The van der Waals surface area contributed by atoms with Gasteiger partial charge >= 0.3 is 0 Å². The number of nitrogens with zero attached hydrogens (tertiary/aromatic N) is 2. The van der Waals surface area contributed by atoms with E-state index in [0.717, 1.165) is 22.3 Å². The minimum absolute atomic E-state index is 0. The number of hydrogen-bond donors (Lipinski definition) is 4. The second-order valence-corrected chi connectivity index (χ2v) is 6.80. The van der Waals surface area contributed by atoms with Crippen LogP contribution in [-0.4, -0.2) is 11.7 Å². The van der Waals surface area contributed by atoms with Crippen LogP contribution in [0.5, 0.6) is 0 Å². The molecule has 6 N–H and O–H groups in total.